The molecule has 0 aromatic rings. The molecule has 16 heavy (non-hydrogen) atoms. The highest BCUT2D eigenvalue weighted by molar-refractivity contribution is 5.80. The van der Waals surface area contributed by atoms with E-state index in [-0.39, 0.29) is 11.5 Å². The van der Waals surface area contributed by atoms with Crippen molar-refractivity contribution in [1.82, 2.24) is 4.90 Å². The van der Waals surface area contributed by atoms with Crippen molar-refractivity contribution < 1.29 is 9.53 Å². The van der Waals surface area contributed by atoms with Crippen LogP contribution in [-0.2, 0) is 9.53 Å². The summed E-state index contributed by atoms with van der Waals surface area (Å²) in [7, 11) is 2.03. The number of carbonyl (C=O) groups is 1. The lowest BCUT2D eigenvalue weighted by Gasteiger charge is -2.50. The number of esters is 1. The quantitative estimate of drug-likeness (QED) is 0.546. The van der Waals surface area contributed by atoms with Crippen LogP contribution in [0, 0.1) is 0 Å². The molecule has 1 heterocycles. The molecule has 1 rings (SSSR count). The highest BCUT2D eigenvalue weighted by Crippen LogP contribution is 2.33. The van der Waals surface area contributed by atoms with Gasteiger partial charge in [-0.25, -0.2) is 0 Å². The monoisotopic (exact) mass is 227 g/mol. The maximum absolute atomic E-state index is 11.7. The summed E-state index contributed by atoms with van der Waals surface area (Å²) in [5.41, 5.74) is -0.508. The molecule has 1 aliphatic heterocycles. The van der Waals surface area contributed by atoms with Crippen LogP contribution in [0.4, 0.5) is 0 Å². The molecule has 0 aliphatic carbocycles. The lowest BCUT2D eigenvalue weighted by Crippen LogP contribution is -2.65. The number of likely N-dealkylation sites (N-methyl/N-ethyl adjacent to an activating group) is 1. The zero-order chi connectivity index (χ0) is 12.4. The van der Waals surface area contributed by atoms with Crippen molar-refractivity contribution in [3.8, 4) is 0 Å². The Morgan fingerprint density at radius 1 is 1.31 bits per heavy atom. The molecule has 1 atom stereocenters. The summed E-state index contributed by atoms with van der Waals surface area (Å²) in [6, 6.07) is 0. The number of nitrogens with zero attached hydrogens (tertiary/aromatic N) is 1. The third kappa shape index (κ3) is 2.40. The molecule has 1 aliphatic rings. The van der Waals surface area contributed by atoms with E-state index in [2.05, 4.69) is 18.7 Å². The fraction of sp³-hybridized carbons (Fsp3) is 0.923. The van der Waals surface area contributed by atoms with E-state index in [9.17, 15) is 4.79 Å². The first-order valence-corrected chi connectivity index (χ1v) is 6.26. The second kappa shape index (κ2) is 4.74. The molecule has 1 unspecified atom stereocenters. The van der Waals surface area contributed by atoms with Gasteiger partial charge in [0.25, 0.3) is 0 Å². The number of hydrogen-bond donors (Lipinski definition) is 0. The Balaban J connectivity index is 2.70. The fourth-order valence-electron chi connectivity index (χ4n) is 2.30. The minimum atomic E-state index is -0.501. The normalized spacial score (nSPS) is 30.2. The number of morpholine rings is 1. The lowest BCUT2D eigenvalue weighted by atomic mass is 9.86. The summed E-state index contributed by atoms with van der Waals surface area (Å²) < 4.78 is 5.33. The molecule has 0 amide bonds. The van der Waals surface area contributed by atoms with Gasteiger partial charge in [-0.15, -0.1) is 0 Å². The first-order chi connectivity index (χ1) is 7.34. The number of cyclic esters (lactones) is 1. The number of carbonyl (C=O) groups excluding carboxylic acids is 1. The van der Waals surface area contributed by atoms with E-state index in [0.717, 1.165) is 6.42 Å². The molecule has 0 aromatic carbocycles. The van der Waals surface area contributed by atoms with Crippen molar-refractivity contribution in [2.24, 2.45) is 0 Å². The summed E-state index contributed by atoms with van der Waals surface area (Å²) in [4.78, 5) is 13.9. The second-order valence-corrected chi connectivity index (χ2v) is 5.65. The molecule has 94 valence electrons. The Labute approximate surface area is 99.1 Å². The van der Waals surface area contributed by atoms with Crippen LogP contribution in [0.3, 0.4) is 0 Å². The molecule has 0 saturated carbocycles. The number of hydrogen-bond acceptors (Lipinski definition) is 3. The summed E-state index contributed by atoms with van der Waals surface area (Å²) >= 11 is 0. The predicted molar refractivity (Wildman–Crippen MR) is 65.3 cm³/mol. The van der Waals surface area contributed by atoms with Gasteiger partial charge >= 0.3 is 5.97 Å². The maximum Gasteiger partial charge on any atom is 0.326 e. The van der Waals surface area contributed by atoms with E-state index in [1.807, 2.05) is 20.9 Å². The van der Waals surface area contributed by atoms with Crippen molar-refractivity contribution >= 4 is 5.97 Å². The van der Waals surface area contributed by atoms with Gasteiger partial charge in [-0.2, -0.15) is 0 Å². The molecule has 1 fully saturated rings. The van der Waals surface area contributed by atoms with E-state index in [1.165, 1.54) is 19.3 Å². The van der Waals surface area contributed by atoms with E-state index in [1.54, 1.807) is 0 Å². The van der Waals surface area contributed by atoms with E-state index in [4.69, 9.17) is 4.74 Å². The van der Waals surface area contributed by atoms with Gasteiger partial charge in [0.1, 0.15) is 12.1 Å². The van der Waals surface area contributed by atoms with Crippen molar-refractivity contribution in [2.75, 3.05) is 13.7 Å². The second-order valence-electron chi connectivity index (χ2n) is 5.65. The van der Waals surface area contributed by atoms with Crippen LogP contribution in [0.1, 0.15) is 53.4 Å². The SMILES string of the molecule is CCCCCC1(C)COC(=O)C(C)(C)N1C. The Bertz CT molecular complexity index is 263. The number of unbranched alkanes of at least 4 members (excludes halogenated alkanes) is 2. The smallest absolute Gasteiger partial charge is 0.326 e. The lowest BCUT2D eigenvalue weighted by molar-refractivity contribution is -0.180. The number of ether oxygens (including phenoxy) is 1. The highest BCUT2D eigenvalue weighted by atomic mass is 16.5. The van der Waals surface area contributed by atoms with Gasteiger partial charge in [-0.05, 0) is 34.2 Å². The van der Waals surface area contributed by atoms with Crippen molar-refractivity contribution in [2.45, 2.75) is 64.5 Å². The topological polar surface area (TPSA) is 29.5 Å². The zero-order valence-electron chi connectivity index (χ0n) is 11.3. The highest BCUT2D eigenvalue weighted by Gasteiger charge is 2.48. The fourth-order valence-corrected chi connectivity index (χ4v) is 2.30. The standard InChI is InChI=1S/C13H25NO2/c1-6-7-8-9-13(4)10-16-11(15)12(2,3)14(13)5/h6-10H2,1-5H3. The van der Waals surface area contributed by atoms with Gasteiger partial charge in [0.15, 0.2) is 0 Å². The third-order valence-corrected chi connectivity index (χ3v) is 3.98. The summed E-state index contributed by atoms with van der Waals surface area (Å²) in [6.07, 6.45) is 4.76. The third-order valence-electron chi connectivity index (χ3n) is 3.98. The van der Waals surface area contributed by atoms with Gasteiger partial charge in [0.2, 0.25) is 0 Å². The Morgan fingerprint density at radius 2 is 1.94 bits per heavy atom. The first-order valence-electron chi connectivity index (χ1n) is 6.26. The Kier molecular flexibility index (Phi) is 4.00. The Hall–Kier alpha value is -0.570. The van der Waals surface area contributed by atoms with Crippen molar-refractivity contribution in [1.29, 1.82) is 0 Å². The van der Waals surface area contributed by atoms with Crippen LogP contribution >= 0.6 is 0 Å². The zero-order valence-corrected chi connectivity index (χ0v) is 11.3. The van der Waals surface area contributed by atoms with Crippen LogP contribution in [0.5, 0.6) is 0 Å². The molecule has 0 aromatic heterocycles. The van der Waals surface area contributed by atoms with Crippen LogP contribution < -0.4 is 0 Å². The minimum Gasteiger partial charge on any atom is -0.462 e. The van der Waals surface area contributed by atoms with Crippen molar-refractivity contribution in [3.05, 3.63) is 0 Å². The van der Waals surface area contributed by atoms with E-state index >= 15 is 0 Å². The van der Waals surface area contributed by atoms with Gasteiger partial charge in [-0.3, -0.25) is 9.69 Å². The molecule has 3 heteroatoms. The molecule has 0 radical (unpaired) electrons. The Morgan fingerprint density at radius 3 is 2.50 bits per heavy atom. The summed E-state index contributed by atoms with van der Waals surface area (Å²) in [6.45, 7) is 8.79. The van der Waals surface area contributed by atoms with Gasteiger partial charge in [0, 0.05) is 0 Å². The van der Waals surface area contributed by atoms with E-state index < -0.39 is 5.54 Å². The van der Waals surface area contributed by atoms with Gasteiger partial charge in [-0.1, -0.05) is 26.2 Å². The average Bonchev–Trinajstić information content (AvgIpc) is 2.23. The molecule has 3 nitrogen and oxygen atoms in total. The summed E-state index contributed by atoms with van der Waals surface area (Å²) in [5, 5.41) is 0. The molecule has 0 bridgehead atoms. The minimum absolute atomic E-state index is 0.00736. The first kappa shape index (κ1) is 13.5. The largest absolute Gasteiger partial charge is 0.462 e. The van der Waals surface area contributed by atoms with Crippen molar-refractivity contribution in [3.63, 3.8) is 0 Å². The molecule has 1 saturated heterocycles. The molecular weight excluding hydrogens is 202 g/mol. The predicted octanol–water partition coefficient (Wildman–Crippen LogP) is 2.59. The van der Waals surface area contributed by atoms with Crippen LogP contribution in [0.15, 0.2) is 0 Å². The van der Waals surface area contributed by atoms with Gasteiger partial charge < -0.3 is 4.74 Å². The van der Waals surface area contributed by atoms with E-state index in [0.29, 0.717) is 6.61 Å². The molecular formula is C13H25NO2. The molecule has 0 spiro atoms. The molecule has 0 N–H and O–H groups in total. The van der Waals surface area contributed by atoms with Crippen LogP contribution in [0.25, 0.3) is 0 Å². The summed E-state index contributed by atoms with van der Waals surface area (Å²) in [5.74, 6) is -0.108. The van der Waals surface area contributed by atoms with Crippen LogP contribution in [-0.4, -0.2) is 35.6 Å². The maximum atomic E-state index is 11.7. The van der Waals surface area contributed by atoms with Crippen LogP contribution in [0.2, 0.25) is 0 Å². The average molecular weight is 227 g/mol. The number of rotatable bonds is 4. The van der Waals surface area contributed by atoms with Gasteiger partial charge in [0.05, 0.1) is 5.54 Å².